The topological polar surface area (TPSA) is 92.4 Å². The van der Waals surface area contributed by atoms with Gasteiger partial charge in [-0.3, -0.25) is 0 Å². The lowest BCUT2D eigenvalue weighted by molar-refractivity contribution is 0.0453. The third-order valence-electron chi connectivity index (χ3n) is 3.02. The van der Waals surface area contributed by atoms with E-state index in [0.717, 1.165) is 0 Å². The first-order valence-electron chi connectivity index (χ1n) is 5.61. The number of halogens is 1. The number of nitrogen functional groups attached to an aromatic ring is 1. The number of sulfonamides is 1. The third kappa shape index (κ3) is 3.03. The molecule has 4 N–H and O–H groups in total. The highest BCUT2D eigenvalue weighted by molar-refractivity contribution is 9.10. The van der Waals surface area contributed by atoms with Gasteiger partial charge in [0.2, 0.25) is 10.0 Å². The number of benzene rings is 1. The molecule has 1 saturated carbocycles. The fraction of sp³-hybridized carbons (Fsp3) is 0.455. The Morgan fingerprint density at radius 1 is 1.44 bits per heavy atom. The van der Waals surface area contributed by atoms with Crippen molar-refractivity contribution in [2.24, 2.45) is 5.92 Å². The van der Waals surface area contributed by atoms with E-state index in [1.807, 2.05) is 0 Å². The maximum absolute atomic E-state index is 12.0. The van der Waals surface area contributed by atoms with Gasteiger partial charge in [0.15, 0.2) is 0 Å². The molecule has 1 aromatic carbocycles. The Hall–Kier alpha value is -0.630. The van der Waals surface area contributed by atoms with Crippen LogP contribution in [0, 0.1) is 5.92 Å². The maximum Gasteiger partial charge on any atom is 0.241 e. The minimum Gasteiger partial charge on any atom is -0.399 e. The summed E-state index contributed by atoms with van der Waals surface area (Å²) in [7, 11) is -3.53. The van der Waals surface area contributed by atoms with Gasteiger partial charge in [0.05, 0.1) is 11.0 Å². The summed E-state index contributed by atoms with van der Waals surface area (Å²) in [5, 5.41) is 9.14. The van der Waals surface area contributed by atoms with Crippen LogP contribution in [0.5, 0.6) is 0 Å². The lowest BCUT2D eigenvalue weighted by Crippen LogP contribution is -2.38. The summed E-state index contributed by atoms with van der Waals surface area (Å²) in [6, 6.07) is 4.57. The summed E-state index contributed by atoms with van der Waals surface area (Å²) < 4.78 is 27.1. The van der Waals surface area contributed by atoms with Gasteiger partial charge in [0.25, 0.3) is 0 Å². The normalized spacial score (nSPS) is 23.7. The van der Waals surface area contributed by atoms with Crippen LogP contribution in [0.2, 0.25) is 0 Å². The van der Waals surface area contributed by atoms with Crippen LogP contribution >= 0.6 is 15.9 Å². The average Bonchev–Trinajstić information content (AvgIpc) is 2.22. The second-order valence-corrected chi connectivity index (χ2v) is 7.12. The lowest BCUT2D eigenvalue weighted by atomic mass is 9.83. The van der Waals surface area contributed by atoms with E-state index in [2.05, 4.69) is 20.7 Å². The molecule has 0 atom stereocenters. The number of anilines is 1. The zero-order valence-electron chi connectivity index (χ0n) is 9.64. The van der Waals surface area contributed by atoms with Crippen LogP contribution in [0.15, 0.2) is 27.6 Å². The molecule has 100 valence electrons. The molecular formula is C11H15BrN2O3S. The summed E-state index contributed by atoms with van der Waals surface area (Å²) >= 11 is 3.19. The first-order valence-corrected chi connectivity index (χ1v) is 7.89. The predicted molar refractivity (Wildman–Crippen MR) is 72.5 cm³/mol. The molecule has 5 nitrogen and oxygen atoms in total. The molecule has 0 heterocycles. The molecule has 0 spiro atoms. The highest BCUT2D eigenvalue weighted by Crippen LogP contribution is 2.28. The van der Waals surface area contributed by atoms with E-state index in [-0.39, 0.29) is 16.9 Å². The zero-order chi connectivity index (χ0) is 13.3. The summed E-state index contributed by atoms with van der Waals surface area (Å²) in [5.74, 6) is 0.224. The quantitative estimate of drug-likeness (QED) is 0.718. The molecule has 7 heteroatoms. The van der Waals surface area contributed by atoms with Gasteiger partial charge in [-0.1, -0.05) is 0 Å². The van der Waals surface area contributed by atoms with E-state index in [1.54, 1.807) is 12.1 Å². The molecule has 2 rings (SSSR count). The largest absolute Gasteiger partial charge is 0.399 e. The van der Waals surface area contributed by atoms with E-state index in [1.165, 1.54) is 6.07 Å². The molecule has 0 radical (unpaired) electrons. The Morgan fingerprint density at radius 3 is 2.67 bits per heavy atom. The summed E-state index contributed by atoms with van der Waals surface area (Å²) in [5.41, 5.74) is 6.07. The van der Waals surface area contributed by atoms with E-state index >= 15 is 0 Å². The monoisotopic (exact) mass is 334 g/mol. The van der Waals surface area contributed by atoms with Gasteiger partial charge >= 0.3 is 0 Å². The molecule has 0 bridgehead atoms. The second kappa shape index (κ2) is 5.16. The third-order valence-corrected chi connectivity index (χ3v) is 5.42. The van der Waals surface area contributed by atoms with Gasteiger partial charge < -0.3 is 10.8 Å². The predicted octanol–water partition coefficient (Wildman–Crippen LogP) is 1.08. The molecule has 1 fully saturated rings. The Labute approximate surface area is 115 Å². The van der Waals surface area contributed by atoms with Gasteiger partial charge in [-0.05, 0) is 52.9 Å². The highest BCUT2D eigenvalue weighted by atomic mass is 79.9. The smallest absolute Gasteiger partial charge is 0.241 e. The van der Waals surface area contributed by atoms with Crippen LogP contribution in [0.25, 0.3) is 0 Å². The Morgan fingerprint density at radius 2 is 2.11 bits per heavy atom. The van der Waals surface area contributed by atoms with Crippen molar-refractivity contribution in [2.75, 3.05) is 12.3 Å². The number of hydrogen-bond donors (Lipinski definition) is 3. The highest BCUT2D eigenvalue weighted by Gasteiger charge is 2.28. The molecule has 1 aliphatic rings. The molecule has 0 aliphatic heterocycles. The van der Waals surface area contributed by atoms with E-state index in [9.17, 15) is 8.42 Å². The first kappa shape index (κ1) is 13.8. The standard InChI is InChI=1S/C11H15BrN2O3S/c12-10-5-8(13)1-2-11(10)18(16,17)14-6-7-3-9(15)4-7/h1-2,5,7,9,14-15H,3-4,6,13H2. The molecular weight excluding hydrogens is 320 g/mol. The van der Waals surface area contributed by atoms with E-state index in [4.69, 9.17) is 10.8 Å². The molecule has 1 aliphatic carbocycles. The molecule has 1 aromatic rings. The van der Waals surface area contributed by atoms with Crippen molar-refractivity contribution in [1.82, 2.24) is 4.72 Å². The lowest BCUT2D eigenvalue weighted by Gasteiger charge is -2.31. The van der Waals surface area contributed by atoms with Crippen LogP contribution in [0.1, 0.15) is 12.8 Å². The van der Waals surface area contributed by atoms with Crippen LogP contribution in [0.4, 0.5) is 5.69 Å². The molecule has 0 saturated heterocycles. The summed E-state index contributed by atoms with van der Waals surface area (Å²) in [6.45, 7) is 0.357. The van der Waals surface area contributed by atoms with Crippen LogP contribution in [-0.2, 0) is 10.0 Å². The zero-order valence-corrected chi connectivity index (χ0v) is 12.0. The van der Waals surface area contributed by atoms with Crippen molar-refractivity contribution in [2.45, 2.75) is 23.8 Å². The minimum atomic E-state index is -3.53. The van der Waals surface area contributed by atoms with Crippen molar-refractivity contribution in [3.8, 4) is 0 Å². The fourth-order valence-corrected chi connectivity index (χ4v) is 4.12. The first-order chi connectivity index (χ1) is 8.38. The van der Waals surface area contributed by atoms with Crippen molar-refractivity contribution >= 4 is 31.6 Å². The van der Waals surface area contributed by atoms with E-state index < -0.39 is 10.0 Å². The number of nitrogens with two attached hydrogens (primary N) is 1. The fourth-order valence-electron chi connectivity index (χ4n) is 1.91. The molecule has 18 heavy (non-hydrogen) atoms. The van der Waals surface area contributed by atoms with Crippen molar-refractivity contribution < 1.29 is 13.5 Å². The average molecular weight is 335 g/mol. The second-order valence-electron chi connectivity index (χ2n) is 4.53. The molecule has 0 aromatic heterocycles. The summed E-state index contributed by atoms with van der Waals surface area (Å²) in [4.78, 5) is 0.177. The number of rotatable bonds is 4. The minimum absolute atomic E-state index is 0.177. The Kier molecular flexibility index (Phi) is 3.96. The van der Waals surface area contributed by atoms with Gasteiger partial charge in [0, 0.05) is 16.7 Å². The van der Waals surface area contributed by atoms with Gasteiger partial charge in [-0.15, -0.1) is 0 Å². The van der Waals surface area contributed by atoms with Crippen molar-refractivity contribution in [3.05, 3.63) is 22.7 Å². The van der Waals surface area contributed by atoms with Crippen LogP contribution in [0.3, 0.4) is 0 Å². The van der Waals surface area contributed by atoms with Gasteiger partial charge in [-0.25, -0.2) is 13.1 Å². The molecule has 0 unspecified atom stereocenters. The number of nitrogens with one attached hydrogen (secondary N) is 1. The Balaban J connectivity index is 2.06. The van der Waals surface area contributed by atoms with Gasteiger partial charge in [-0.2, -0.15) is 0 Å². The maximum atomic E-state index is 12.0. The van der Waals surface area contributed by atoms with E-state index in [0.29, 0.717) is 29.5 Å². The molecule has 0 amide bonds. The Bertz CT molecular complexity index is 541. The van der Waals surface area contributed by atoms with Crippen LogP contribution in [-0.4, -0.2) is 26.2 Å². The number of aliphatic hydroxyl groups is 1. The van der Waals surface area contributed by atoms with Crippen molar-refractivity contribution in [1.29, 1.82) is 0 Å². The SMILES string of the molecule is Nc1ccc(S(=O)(=O)NCC2CC(O)C2)c(Br)c1. The van der Waals surface area contributed by atoms with Crippen LogP contribution < -0.4 is 10.5 Å². The number of hydrogen-bond acceptors (Lipinski definition) is 4. The van der Waals surface area contributed by atoms with Crippen molar-refractivity contribution in [3.63, 3.8) is 0 Å². The summed E-state index contributed by atoms with van der Waals surface area (Å²) in [6.07, 6.45) is 1.04. The van der Waals surface area contributed by atoms with Gasteiger partial charge in [0.1, 0.15) is 0 Å². The number of aliphatic hydroxyl groups excluding tert-OH is 1.